The molecule has 7 fully saturated rings. The van der Waals surface area contributed by atoms with Crippen LogP contribution in [0.15, 0.2) is 11.8 Å². The van der Waals surface area contributed by atoms with E-state index in [0.29, 0.717) is 31.0 Å². The fourth-order valence-electron chi connectivity index (χ4n) is 10.7. The van der Waals surface area contributed by atoms with Crippen LogP contribution in [-0.2, 0) is 23.8 Å². The third-order valence-corrected chi connectivity index (χ3v) is 13.4. The Morgan fingerprint density at radius 3 is 2.45 bits per heavy atom. The zero-order valence-corrected chi connectivity index (χ0v) is 29.5. The minimum absolute atomic E-state index is 0.0106. The summed E-state index contributed by atoms with van der Waals surface area (Å²) in [6.07, 6.45) is 9.06. The molecule has 3 saturated carbocycles. The summed E-state index contributed by atoms with van der Waals surface area (Å²) in [4.78, 5) is 37.2. The summed E-state index contributed by atoms with van der Waals surface area (Å²) in [6, 6.07) is -0.761. The molecule has 49 heavy (non-hydrogen) atoms. The second-order valence-electron chi connectivity index (χ2n) is 16.2. The molecule has 274 valence electrons. The van der Waals surface area contributed by atoms with Crippen molar-refractivity contribution in [1.29, 1.82) is 0 Å². The molecule has 0 radical (unpaired) electrons. The fraction of sp³-hybridized carbons (Fsp3) is 0.892. The Morgan fingerprint density at radius 1 is 0.878 bits per heavy atom. The Morgan fingerprint density at radius 2 is 1.63 bits per heavy atom. The fourth-order valence-corrected chi connectivity index (χ4v) is 10.7. The average Bonchev–Trinajstić information content (AvgIpc) is 3.48. The Labute approximate surface area is 291 Å². The lowest BCUT2D eigenvalue weighted by atomic mass is 9.67. The van der Waals surface area contributed by atoms with Gasteiger partial charge in [0.2, 0.25) is 0 Å². The van der Waals surface area contributed by atoms with Crippen molar-refractivity contribution in [2.45, 2.75) is 107 Å². The molecule has 0 aromatic rings. The zero-order valence-electron chi connectivity index (χ0n) is 29.5. The number of piperazine rings is 1. The molecule has 11 nitrogen and oxygen atoms in total. The Hall–Kier alpha value is -1.67. The second kappa shape index (κ2) is 15.1. The SMILES string of the molecule is CN1CCN(CCCNC(=O)C2=CN3C4CC5OC6CCCCC6C5CC4OC4C(NCCCN5CCOCC5)C(F)CC(C2=O)C43)CC1. The lowest BCUT2D eigenvalue weighted by Gasteiger charge is -2.60. The first-order valence-corrected chi connectivity index (χ1v) is 19.7. The molecule has 0 bridgehead atoms. The number of hydrogen-bond acceptors (Lipinski definition) is 10. The molecule has 12 heteroatoms. The molecule has 11 unspecified atom stereocenters. The molecule has 5 aliphatic heterocycles. The van der Waals surface area contributed by atoms with E-state index in [1.54, 1.807) is 0 Å². The standard InChI is InChI=1S/C37H59FN6O5/c1-41-12-14-42(15-13-41)10-5-9-40-37(46)27-23-44-29-22-31-25(24-6-2-3-7-30(24)48-31)21-32(29)49-36-33(28(38)20-26(34(36)44)35(27)45)39-8-4-11-43-16-18-47-19-17-43/h23-26,28-34,36,39H,2-22H2,1H3,(H,40,46). The second-order valence-corrected chi connectivity index (χ2v) is 16.2. The van der Waals surface area contributed by atoms with Gasteiger partial charge in [-0.15, -0.1) is 0 Å². The number of carbonyl (C=O) groups is 2. The van der Waals surface area contributed by atoms with Crippen molar-refractivity contribution in [2.75, 3.05) is 85.7 Å². The van der Waals surface area contributed by atoms with E-state index in [2.05, 4.69) is 37.3 Å². The highest BCUT2D eigenvalue weighted by Gasteiger charge is 2.61. The van der Waals surface area contributed by atoms with E-state index >= 15 is 4.39 Å². The lowest BCUT2D eigenvalue weighted by Crippen LogP contribution is -2.73. The van der Waals surface area contributed by atoms with Crippen molar-refractivity contribution >= 4 is 11.7 Å². The van der Waals surface area contributed by atoms with Crippen LogP contribution < -0.4 is 10.6 Å². The molecule has 1 amide bonds. The summed E-state index contributed by atoms with van der Waals surface area (Å²) in [5, 5.41) is 6.63. The quantitative estimate of drug-likeness (QED) is 0.260. The molecule has 5 heterocycles. The highest BCUT2D eigenvalue weighted by molar-refractivity contribution is 6.20. The first-order chi connectivity index (χ1) is 23.9. The molecular weight excluding hydrogens is 627 g/mol. The average molecular weight is 687 g/mol. The third-order valence-electron chi connectivity index (χ3n) is 13.4. The van der Waals surface area contributed by atoms with Crippen LogP contribution in [0.25, 0.3) is 0 Å². The first kappa shape index (κ1) is 34.4. The smallest absolute Gasteiger partial charge is 0.256 e. The maximum atomic E-state index is 16.3. The van der Waals surface area contributed by atoms with Gasteiger partial charge in [-0.05, 0) is 83.5 Å². The number of likely N-dealkylation sites (N-methyl/N-ethyl adjacent to an activating group) is 1. The minimum Gasteiger partial charge on any atom is -0.379 e. The number of hydrogen-bond donors (Lipinski definition) is 2. The number of amides is 1. The topological polar surface area (TPSA) is 98.8 Å². The van der Waals surface area contributed by atoms with Crippen LogP contribution in [0.4, 0.5) is 4.39 Å². The van der Waals surface area contributed by atoms with Gasteiger partial charge in [0.1, 0.15) is 6.17 Å². The van der Waals surface area contributed by atoms with Crippen molar-refractivity contribution < 1.29 is 28.2 Å². The molecule has 8 aliphatic rings. The maximum absolute atomic E-state index is 16.3. The molecule has 8 rings (SSSR count). The highest BCUT2D eigenvalue weighted by Crippen LogP contribution is 2.52. The number of nitrogens with zero attached hydrogens (tertiary/aromatic N) is 4. The van der Waals surface area contributed by atoms with Gasteiger partial charge >= 0.3 is 0 Å². The van der Waals surface area contributed by atoms with Crippen molar-refractivity contribution in [3.8, 4) is 0 Å². The largest absolute Gasteiger partial charge is 0.379 e. The van der Waals surface area contributed by atoms with Crippen molar-refractivity contribution in [3.05, 3.63) is 11.8 Å². The predicted molar refractivity (Wildman–Crippen MR) is 183 cm³/mol. The van der Waals surface area contributed by atoms with Crippen LogP contribution in [0.1, 0.15) is 57.8 Å². The summed E-state index contributed by atoms with van der Waals surface area (Å²) in [5.74, 6) is -0.115. The van der Waals surface area contributed by atoms with Crippen LogP contribution in [-0.4, -0.2) is 166 Å². The number of ether oxygens (including phenoxy) is 3. The number of morpholine rings is 2. The van der Waals surface area contributed by atoms with Gasteiger partial charge in [-0.25, -0.2) is 4.39 Å². The van der Waals surface area contributed by atoms with Gasteiger partial charge in [0.25, 0.3) is 5.91 Å². The van der Waals surface area contributed by atoms with Crippen LogP contribution in [0, 0.1) is 17.8 Å². The number of nitrogens with one attached hydrogen (secondary N) is 2. The van der Waals surface area contributed by atoms with Crippen molar-refractivity contribution in [1.82, 2.24) is 30.2 Å². The maximum Gasteiger partial charge on any atom is 0.256 e. The summed E-state index contributed by atoms with van der Waals surface area (Å²) in [6.45, 7) is 10.7. The van der Waals surface area contributed by atoms with Gasteiger partial charge in [0, 0.05) is 57.9 Å². The number of rotatable bonds is 10. The molecule has 11 atom stereocenters. The van der Waals surface area contributed by atoms with Gasteiger partial charge in [-0.1, -0.05) is 12.8 Å². The Bertz CT molecular complexity index is 1210. The van der Waals surface area contributed by atoms with Gasteiger partial charge in [-0.2, -0.15) is 0 Å². The van der Waals surface area contributed by atoms with E-state index in [4.69, 9.17) is 14.2 Å². The summed E-state index contributed by atoms with van der Waals surface area (Å²) in [7, 11) is 2.15. The van der Waals surface area contributed by atoms with E-state index in [1.807, 2.05) is 6.20 Å². The number of carbonyl (C=O) groups excluding carboxylic acids is 2. The summed E-state index contributed by atoms with van der Waals surface area (Å²) < 4.78 is 35.5. The van der Waals surface area contributed by atoms with Crippen molar-refractivity contribution in [2.24, 2.45) is 17.8 Å². The highest BCUT2D eigenvalue weighted by atomic mass is 19.1. The number of Topliss-reactive ketones (excluding diaryl/α,β-unsaturated/α-hetero) is 1. The van der Waals surface area contributed by atoms with E-state index in [-0.39, 0.29) is 48.0 Å². The predicted octanol–water partition coefficient (Wildman–Crippen LogP) is 1.42. The minimum atomic E-state index is -1.23. The number of alkyl halides is 1. The van der Waals surface area contributed by atoms with Gasteiger partial charge < -0.3 is 39.5 Å². The molecule has 3 aliphatic carbocycles. The third kappa shape index (κ3) is 7.09. The van der Waals surface area contributed by atoms with Crippen LogP contribution >= 0.6 is 0 Å². The van der Waals surface area contributed by atoms with E-state index in [0.717, 1.165) is 97.7 Å². The van der Waals surface area contributed by atoms with Crippen LogP contribution in [0.5, 0.6) is 0 Å². The van der Waals surface area contributed by atoms with Crippen LogP contribution in [0.2, 0.25) is 0 Å². The monoisotopic (exact) mass is 686 g/mol. The van der Waals surface area contributed by atoms with E-state index in [1.165, 1.54) is 19.3 Å². The number of halogens is 1. The Kier molecular flexibility index (Phi) is 10.6. The zero-order chi connectivity index (χ0) is 33.5. The molecule has 0 spiro atoms. The molecule has 2 N–H and O–H groups in total. The molecular formula is C37H59FN6O5. The van der Waals surface area contributed by atoms with Crippen LogP contribution in [0.3, 0.4) is 0 Å². The van der Waals surface area contributed by atoms with Gasteiger partial charge in [-0.3, -0.25) is 14.5 Å². The lowest BCUT2D eigenvalue weighted by molar-refractivity contribution is -0.209. The molecule has 0 aromatic heterocycles. The summed E-state index contributed by atoms with van der Waals surface area (Å²) in [5.41, 5.74) is 0.188. The number of ketones is 1. The Balaban J connectivity index is 0.982. The van der Waals surface area contributed by atoms with E-state index in [9.17, 15) is 9.59 Å². The first-order valence-electron chi connectivity index (χ1n) is 19.7. The molecule has 4 saturated heterocycles. The van der Waals surface area contributed by atoms with Crippen molar-refractivity contribution in [3.63, 3.8) is 0 Å². The summed E-state index contributed by atoms with van der Waals surface area (Å²) >= 11 is 0. The normalized spacial score (nSPS) is 41.3. The van der Waals surface area contributed by atoms with Gasteiger partial charge in [0.05, 0.1) is 61.3 Å². The van der Waals surface area contributed by atoms with Gasteiger partial charge in [0.15, 0.2) is 5.78 Å². The number of fused-ring (bicyclic) bond motifs is 5. The molecule has 0 aromatic carbocycles. The van der Waals surface area contributed by atoms with E-state index < -0.39 is 24.2 Å².